The van der Waals surface area contributed by atoms with Crippen LogP contribution < -0.4 is 5.32 Å². The highest BCUT2D eigenvalue weighted by Gasteiger charge is 2.23. The number of hydrogen-bond acceptors (Lipinski definition) is 6. The van der Waals surface area contributed by atoms with Crippen molar-refractivity contribution in [1.29, 1.82) is 0 Å². The third-order valence-corrected chi connectivity index (χ3v) is 3.41. The van der Waals surface area contributed by atoms with E-state index in [4.69, 9.17) is 9.47 Å². The first-order valence-electron chi connectivity index (χ1n) is 7.06. The lowest BCUT2D eigenvalue weighted by Crippen LogP contribution is -2.22. The zero-order valence-corrected chi connectivity index (χ0v) is 11.8. The topological polar surface area (TPSA) is 73.3 Å². The van der Waals surface area contributed by atoms with Gasteiger partial charge >= 0.3 is 5.97 Å². The van der Waals surface area contributed by atoms with Gasteiger partial charge in [0.15, 0.2) is 5.69 Å². The molecular formula is C15H17N3O3. The zero-order valence-electron chi connectivity index (χ0n) is 11.8. The summed E-state index contributed by atoms with van der Waals surface area (Å²) in [5.41, 5.74) is 1.64. The second-order valence-electron chi connectivity index (χ2n) is 4.87. The molecule has 3 rings (SSSR count). The van der Waals surface area contributed by atoms with Gasteiger partial charge in [-0.05, 0) is 19.4 Å². The van der Waals surface area contributed by atoms with E-state index in [0.29, 0.717) is 18.9 Å². The summed E-state index contributed by atoms with van der Waals surface area (Å²) in [5, 5.41) is 12.4. The van der Waals surface area contributed by atoms with Crippen LogP contribution in [-0.2, 0) is 9.47 Å². The molecule has 1 aromatic carbocycles. The van der Waals surface area contributed by atoms with Crippen LogP contribution >= 0.6 is 0 Å². The van der Waals surface area contributed by atoms with Crippen molar-refractivity contribution in [2.24, 2.45) is 0 Å². The molecular weight excluding hydrogens is 270 g/mol. The Hall–Kier alpha value is -2.21. The van der Waals surface area contributed by atoms with Crippen molar-refractivity contribution in [3.8, 4) is 0 Å². The second-order valence-corrected chi connectivity index (χ2v) is 4.87. The third-order valence-electron chi connectivity index (χ3n) is 3.41. The predicted octanol–water partition coefficient (Wildman–Crippen LogP) is 2.01. The molecule has 0 radical (unpaired) electrons. The minimum atomic E-state index is -0.461. The van der Waals surface area contributed by atoms with Gasteiger partial charge in [0.25, 0.3) is 0 Å². The number of nitrogens with zero attached hydrogens (tertiary/aromatic N) is 2. The maximum atomic E-state index is 12.1. The van der Waals surface area contributed by atoms with Crippen molar-refractivity contribution in [3.05, 3.63) is 30.0 Å². The van der Waals surface area contributed by atoms with Gasteiger partial charge in [-0.2, -0.15) is 0 Å². The van der Waals surface area contributed by atoms with Crippen LogP contribution in [0.4, 0.5) is 5.69 Å². The molecule has 0 bridgehead atoms. The van der Waals surface area contributed by atoms with E-state index in [9.17, 15) is 4.79 Å². The number of rotatable bonds is 4. The first-order valence-corrected chi connectivity index (χ1v) is 7.06. The van der Waals surface area contributed by atoms with E-state index in [1.807, 2.05) is 24.3 Å². The van der Waals surface area contributed by atoms with Crippen LogP contribution in [0.25, 0.3) is 10.9 Å². The second kappa shape index (κ2) is 6.05. The summed E-state index contributed by atoms with van der Waals surface area (Å²) in [6.45, 7) is 3.42. The lowest BCUT2D eigenvalue weighted by Gasteiger charge is -2.16. The van der Waals surface area contributed by atoms with Crippen LogP contribution in [0.5, 0.6) is 0 Å². The lowest BCUT2D eigenvalue weighted by atomic mass is 10.1. The van der Waals surface area contributed by atoms with Crippen LogP contribution in [0.2, 0.25) is 0 Å². The highest BCUT2D eigenvalue weighted by Crippen LogP contribution is 2.26. The first kappa shape index (κ1) is 13.8. The Morgan fingerprint density at radius 2 is 2.29 bits per heavy atom. The van der Waals surface area contributed by atoms with E-state index in [1.165, 1.54) is 0 Å². The molecule has 110 valence electrons. The molecule has 1 unspecified atom stereocenters. The number of hydrogen-bond donors (Lipinski definition) is 1. The predicted molar refractivity (Wildman–Crippen MR) is 78.3 cm³/mol. The van der Waals surface area contributed by atoms with Gasteiger partial charge in [-0.3, -0.25) is 0 Å². The summed E-state index contributed by atoms with van der Waals surface area (Å²) in [5.74, 6) is -0.461. The van der Waals surface area contributed by atoms with Crippen LogP contribution in [0.3, 0.4) is 0 Å². The van der Waals surface area contributed by atoms with E-state index >= 15 is 0 Å². The molecule has 0 amide bonds. The molecule has 0 saturated carbocycles. The Morgan fingerprint density at radius 3 is 3.05 bits per heavy atom. The molecule has 0 aliphatic carbocycles. The number of carbonyl (C=O) groups is 1. The summed E-state index contributed by atoms with van der Waals surface area (Å²) in [4.78, 5) is 12.1. The standard InChI is InChI=1S/C15H17N3O3/c1-2-21-15(19)14-13(16-10-7-8-20-9-10)11-5-3-4-6-12(11)17-18-14/h3-6,10H,2,7-9H2,1H3,(H,16,17). The summed E-state index contributed by atoms with van der Waals surface area (Å²) in [6.07, 6.45) is 0.902. The minimum Gasteiger partial charge on any atom is -0.461 e. The SMILES string of the molecule is CCOC(=O)c1nnc2ccccc2c1NC1CCOC1. The normalized spacial score (nSPS) is 17.9. The summed E-state index contributed by atoms with van der Waals surface area (Å²) in [7, 11) is 0. The molecule has 1 N–H and O–H groups in total. The van der Waals surface area contributed by atoms with Crippen molar-refractivity contribution < 1.29 is 14.3 Å². The van der Waals surface area contributed by atoms with E-state index in [0.717, 1.165) is 23.9 Å². The Bertz CT molecular complexity index is 654. The Morgan fingerprint density at radius 1 is 1.43 bits per heavy atom. The number of anilines is 1. The van der Waals surface area contributed by atoms with Crippen molar-refractivity contribution in [2.75, 3.05) is 25.1 Å². The highest BCUT2D eigenvalue weighted by molar-refractivity contribution is 6.03. The molecule has 21 heavy (non-hydrogen) atoms. The Labute approximate surface area is 122 Å². The molecule has 6 nitrogen and oxygen atoms in total. The average molecular weight is 287 g/mol. The first-order chi connectivity index (χ1) is 10.3. The van der Waals surface area contributed by atoms with Crippen LogP contribution in [0.15, 0.2) is 24.3 Å². The van der Waals surface area contributed by atoms with E-state index < -0.39 is 5.97 Å². The van der Waals surface area contributed by atoms with Gasteiger partial charge in [0.05, 0.1) is 30.5 Å². The van der Waals surface area contributed by atoms with Gasteiger partial charge in [-0.25, -0.2) is 4.79 Å². The van der Waals surface area contributed by atoms with Gasteiger partial charge in [-0.15, -0.1) is 10.2 Å². The minimum absolute atomic E-state index is 0.172. The van der Waals surface area contributed by atoms with Crippen LogP contribution in [0, 0.1) is 0 Å². The van der Waals surface area contributed by atoms with Gasteiger partial charge in [0.1, 0.15) is 0 Å². The Balaban J connectivity index is 2.05. The van der Waals surface area contributed by atoms with Crippen molar-refractivity contribution in [3.63, 3.8) is 0 Å². The van der Waals surface area contributed by atoms with Crippen molar-refractivity contribution in [1.82, 2.24) is 10.2 Å². The fourth-order valence-corrected chi connectivity index (χ4v) is 2.39. The summed E-state index contributed by atoms with van der Waals surface area (Å²) in [6, 6.07) is 7.77. The molecule has 2 heterocycles. The summed E-state index contributed by atoms with van der Waals surface area (Å²) >= 11 is 0. The van der Waals surface area contributed by atoms with Crippen molar-refractivity contribution in [2.45, 2.75) is 19.4 Å². The molecule has 6 heteroatoms. The number of esters is 1. The number of nitrogens with one attached hydrogen (secondary N) is 1. The Kier molecular flexibility index (Phi) is 3.96. The maximum Gasteiger partial charge on any atom is 0.361 e. The van der Waals surface area contributed by atoms with E-state index in [2.05, 4.69) is 15.5 Å². The van der Waals surface area contributed by atoms with E-state index in [-0.39, 0.29) is 11.7 Å². The van der Waals surface area contributed by atoms with E-state index in [1.54, 1.807) is 6.92 Å². The van der Waals surface area contributed by atoms with Gasteiger partial charge in [0, 0.05) is 12.0 Å². The molecule has 1 fully saturated rings. The number of ether oxygens (including phenoxy) is 2. The highest BCUT2D eigenvalue weighted by atomic mass is 16.5. The quantitative estimate of drug-likeness (QED) is 0.867. The molecule has 1 saturated heterocycles. The number of benzene rings is 1. The molecule has 0 spiro atoms. The fourth-order valence-electron chi connectivity index (χ4n) is 2.39. The molecule has 1 aromatic heterocycles. The van der Waals surface area contributed by atoms with Crippen LogP contribution in [0.1, 0.15) is 23.8 Å². The van der Waals surface area contributed by atoms with Gasteiger partial charge in [-0.1, -0.05) is 18.2 Å². The number of carbonyl (C=O) groups excluding carboxylic acids is 1. The number of fused-ring (bicyclic) bond motifs is 1. The monoisotopic (exact) mass is 287 g/mol. The molecule has 1 atom stereocenters. The van der Waals surface area contributed by atoms with Crippen LogP contribution in [-0.4, -0.2) is 42.0 Å². The zero-order chi connectivity index (χ0) is 14.7. The van der Waals surface area contributed by atoms with Gasteiger partial charge in [0.2, 0.25) is 0 Å². The largest absolute Gasteiger partial charge is 0.461 e. The lowest BCUT2D eigenvalue weighted by molar-refractivity contribution is 0.0519. The fraction of sp³-hybridized carbons (Fsp3) is 0.400. The van der Waals surface area contributed by atoms with Crippen molar-refractivity contribution >= 4 is 22.6 Å². The maximum absolute atomic E-state index is 12.1. The number of aromatic nitrogens is 2. The van der Waals surface area contributed by atoms with Gasteiger partial charge < -0.3 is 14.8 Å². The average Bonchev–Trinajstić information content (AvgIpc) is 3.01. The molecule has 1 aliphatic heterocycles. The molecule has 1 aliphatic rings. The summed E-state index contributed by atoms with van der Waals surface area (Å²) < 4.78 is 10.4. The molecule has 2 aromatic rings. The smallest absolute Gasteiger partial charge is 0.361 e. The third kappa shape index (κ3) is 2.80.